The molecule has 2 amide bonds. The van der Waals surface area contributed by atoms with Crippen molar-refractivity contribution in [2.45, 2.75) is 75.1 Å². The second-order valence-corrected chi connectivity index (χ2v) is 11.1. The molecule has 8 heteroatoms. The Morgan fingerprint density at radius 1 is 1.37 bits per heavy atom. The van der Waals surface area contributed by atoms with E-state index >= 15 is 0 Å². The van der Waals surface area contributed by atoms with Gasteiger partial charge in [0.2, 0.25) is 11.8 Å². The van der Waals surface area contributed by atoms with Crippen molar-refractivity contribution in [3.8, 4) is 0 Å². The van der Waals surface area contributed by atoms with Crippen LogP contribution < -0.4 is 0 Å². The lowest BCUT2D eigenvalue weighted by molar-refractivity contribution is -0.150. The highest BCUT2D eigenvalue weighted by Gasteiger charge is 2.74. The number of carboxylic acid groups (broad SMARTS) is 1. The third kappa shape index (κ3) is 3.45. The van der Waals surface area contributed by atoms with Crippen molar-refractivity contribution in [2.24, 2.45) is 17.8 Å². The van der Waals surface area contributed by atoms with Gasteiger partial charge in [0.25, 0.3) is 0 Å². The number of hydrogen-bond acceptors (Lipinski definition) is 5. The molecule has 1 spiro atoms. The first kappa shape index (κ1) is 23.1. The number of thioether (sulfide) groups is 1. The summed E-state index contributed by atoms with van der Waals surface area (Å²) in [5.41, 5.74) is 0. The molecule has 3 aliphatic heterocycles. The summed E-state index contributed by atoms with van der Waals surface area (Å²) in [5, 5.41) is 19.9. The number of carboxylic acids is 1. The van der Waals surface area contributed by atoms with E-state index in [1.807, 2.05) is 27.7 Å². The first-order valence-corrected chi connectivity index (χ1v) is 11.7. The fourth-order valence-electron chi connectivity index (χ4n) is 5.72. The number of aliphatic hydroxyl groups excluding tert-OH is 1. The predicted molar refractivity (Wildman–Crippen MR) is 116 cm³/mol. The zero-order chi connectivity index (χ0) is 22.4. The highest BCUT2D eigenvalue weighted by atomic mass is 32.2. The minimum Gasteiger partial charge on any atom is -0.481 e. The number of fused-ring (bicyclic) bond motifs is 1. The Bertz CT molecular complexity index is 726. The summed E-state index contributed by atoms with van der Waals surface area (Å²) < 4.78 is -0.736. The molecule has 0 radical (unpaired) electrons. The van der Waals surface area contributed by atoms with E-state index in [1.54, 1.807) is 15.9 Å². The number of aliphatic carboxylic acids is 1. The highest BCUT2D eigenvalue weighted by molar-refractivity contribution is 8.02. The Hall–Kier alpha value is -1.54. The summed E-state index contributed by atoms with van der Waals surface area (Å²) in [4.78, 5) is 42.9. The molecule has 0 aromatic heterocycles. The summed E-state index contributed by atoms with van der Waals surface area (Å²) in [6.45, 7) is 11.8. The summed E-state index contributed by atoms with van der Waals surface area (Å²) >= 11 is 1.53. The quantitative estimate of drug-likeness (QED) is 0.534. The van der Waals surface area contributed by atoms with Gasteiger partial charge in [-0.25, -0.2) is 0 Å². The molecule has 30 heavy (non-hydrogen) atoms. The molecule has 0 saturated carbocycles. The van der Waals surface area contributed by atoms with Gasteiger partial charge in [-0.1, -0.05) is 19.9 Å². The maximum atomic E-state index is 13.9. The van der Waals surface area contributed by atoms with Crippen LogP contribution in [0.25, 0.3) is 0 Å². The van der Waals surface area contributed by atoms with Crippen molar-refractivity contribution in [1.82, 2.24) is 9.80 Å². The number of rotatable bonds is 9. The first-order valence-electron chi connectivity index (χ1n) is 10.9. The Morgan fingerprint density at radius 3 is 2.53 bits per heavy atom. The van der Waals surface area contributed by atoms with Gasteiger partial charge in [0.15, 0.2) is 0 Å². The molecule has 3 aliphatic rings. The zero-order valence-electron chi connectivity index (χ0n) is 18.3. The second kappa shape index (κ2) is 8.54. The van der Waals surface area contributed by atoms with Crippen LogP contribution in [0.2, 0.25) is 0 Å². The lowest BCUT2D eigenvalue weighted by Gasteiger charge is -2.41. The van der Waals surface area contributed by atoms with Gasteiger partial charge in [0.1, 0.15) is 6.04 Å². The largest absolute Gasteiger partial charge is 0.481 e. The van der Waals surface area contributed by atoms with E-state index in [2.05, 4.69) is 6.58 Å². The third-order valence-electron chi connectivity index (χ3n) is 6.84. The Kier molecular flexibility index (Phi) is 6.58. The molecule has 3 rings (SSSR count). The van der Waals surface area contributed by atoms with Gasteiger partial charge in [-0.15, -0.1) is 18.3 Å². The van der Waals surface area contributed by atoms with Crippen LogP contribution in [0.15, 0.2) is 12.7 Å². The molecule has 3 saturated heterocycles. The number of amides is 2. The molecule has 6 atom stereocenters. The number of likely N-dealkylation sites (tertiary alicyclic amines) is 1. The van der Waals surface area contributed by atoms with Gasteiger partial charge in [-0.05, 0) is 39.0 Å². The van der Waals surface area contributed by atoms with Crippen LogP contribution in [-0.4, -0.2) is 79.1 Å². The van der Waals surface area contributed by atoms with Gasteiger partial charge < -0.3 is 20.0 Å². The van der Waals surface area contributed by atoms with Crippen LogP contribution in [0, 0.1) is 17.8 Å². The molecular formula is C22H34N2O5S. The van der Waals surface area contributed by atoms with Crippen molar-refractivity contribution in [3.63, 3.8) is 0 Å². The molecule has 168 valence electrons. The monoisotopic (exact) mass is 438 g/mol. The molecule has 3 fully saturated rings. The Balaban J connectivity index is 2.10. The molecule has 2 N–H and O–H groups in total. The molecular weight excluding hydrogens is 404 g/mol. The van der Waals surface area contributed by atoms with Crippen molar-refractivity contribution in [3.05, 3.63) is 12.7 Å². The fourth-order valence-corrected chi connectivity index (χ4v) is 7.91. The van der Waals surface area contributed by atoms with Gasteiger partial charge in [0, 0.05) is 17.8 Å². The topological polar surface area (TPSA) is 98.2 Å². The van der Waals surface area contributed by atoms with Gasteiger partial charge in [-0.2, -0.15) is 0 Å². The van der Waals surface area contributed by atoms with E-state index < -0.39 is 34.6 Å². The highest BCUT2D eigenvalue weighted by Crippen LogP contribution is 2.66. The van der Waals surface area contributed by atoms with E-state index in [1.165, 1.54) is 11.8 Å². The maximum absolute atomic E-state index is 13.9. The lowest BCUT2D eigenvalue weighted by atomic mass is 9.71. The van der Waals surface area contributed by atoms with E-state index in [0.29, 0.717) is 25.8 Å². The number of carbonyl (C=O) groups excluding carboxylic acids is 2. The minimum absolute atomic E-state index is 0.0838. The normalized spacial score (nSPS) is 33.3. The summed E-state index contributed by atoms with van der Waals surface area (Å²) in [6.07, 6.45) is 3.57. The molecule has 0 aliphatic carbocycles. The van der Waals surface area contributed by atoms with Crippen LogP contribution in [0.3, 0.4) is 0 Å². The van der Waals surface area contributed by atoms with Crippen LogP contribution in [-0.2, 0) is 14.4 Å². The van der Waals surface area contributed by atoms with E-state index in [4.69, 9.17) is 0 Å². The van der Waals surface area contributed by atoms with Crippen molar-refractivity contribution in [2.75, 3.05) is 13.2 Å². The van der Waals surface area contributed by atoms with Crippen molar-refractivity contribution >= 4 is 29.5 Å². The van der Waals surface area contributed by atoms with E-state index in [9.17, 15) is 24.6 Å². The summed E-state index contributed by atoms with van der Waals surface area (Å²) in [5.74, 6) is -2.68. The zero-order valence-corrected chi connectivity index (χ0v) is 19.1. The number of nitrogens with zero attached hydrogens (tertiary/aromatic N) is 2. The molecule has 2 unspecified atom stereocenters. The predicted octanol–water partition coefficient (Wildman–Crippen LogP) is 1.99. The summed E-state index contributed by atoms with van der Waals surface area (Å²) in [7, 11) is 0. The molecule has 3 heterocycles. The van der Waals surface area contributed by atoms with Crippen LogP contribution in [0.4, 0.5) is 0 Å². The molecule has 0 aromatic carbocycles. The van der Waals surface area contributed by atoms with Gasteiger partial charge >= 0.3 is 5.97 Å². The molecule has 7 nitrogen and oxygen atoms in total. The molecule has 0 aromatic rings. The number of aliphatic hydroxyl groups is 1. The Morgan fingerprint density at radius 2 is 2.03 bits per heavy atom. The van der Waals surface area contributed by atoms with Gasteiger partial charge in [-0.3, -0.25) is 14.4 Å². The van der Waals surface area contributed by atoms with E-state index in [-0.39, 0.29) is 35.6 Å². The standard InChI is InChI=1S/C22H34N2O5S/c1-6-9-23(13(4)5)20(27)18-22-8-7-15(30-22)16(21(28)29)17(22)19(26)24(18)14(11-25)10-12(2)3/h6,12-18,25H,1,7-11H2,2-5H3,(H,28,29)/t14-,15-,16+,17+,18?,22?/m1/s1. The SMILES string of the molecule is C=CCN(C(=O)C1N([C@@H](CO)CC(C)C)C(=O)[C@@H]2[C@@H](C(=O)O)[C@H]3CCC12S3)C(C)C. The fraction of sp³-hybridized carbons (Fsp3) is 0.773. The minimum atomic E-state index is -0.961. The Labute approximate surface area is 182 Å². The maximum Gasteiger partial charge on any atom is 0.308 e. The second-order valence-electron chi connectivity index (χ2n) is 9.48. The summed E-state index contributed by atoms with van der Waals surface area (Å²) in [6, 6.07) is -1.34. The van der Waals surface area contributed by atoms with Gasteiger partial charge in [0.05, 0.1) is 29.2 Å². The van der Waals surface area contributed by atoms with Crippen molar-refractivity contribution in [1.29, 1.82) is 0 Å². The number of hydrogen-bond donors (Lipinski definition) is 2. The third-order valence-corrected chi connectivity index (χ3v) is 8.79. The molecule has 2 bridgehead atoms. The van der Waals surface area contributed by atoms with Crippen LogP contribution >= 0.6 is 11.8 Å². The smallest absolute Gasteiger partial charge is 0.308 e. The van der Waals surface area contributed by atoms with E-state index in [0.717, 1.165) is 0 Å². The lowest BCUT2D eigenvalue weighted by Crippen LogP contribution is -2.58. The van der Waals surface area contributed by atoms with Crippen molar-refractivity contribution < 1.29 is 24.6 Å². The number of carbonyl (C=O) groups is 3. The van der Waals surface area contributed by atoms with Crippen LogP contribution in [0.5, 0.6) is 0 Å². The average molecular weight is 439 g/mol. The average Bonchev–Trinajstić information content (AvgIpc) is 3.30. The first-order chi connectivity index (χ1) is 14.1. The van der Waals surface area contributed by atoms with Crippen LogP contribution in [0.1, 0.15) is 47.0 Å².